The summed E-state index contributed by atoms with van der Waals surface area (Å²) in [4.78, 5) is 0.877. The first kappa shape index (κ1) is 12.6. The Hall–Kier alpha value is -0.830. The Morgan fingerprint density at radius 3 is 2.06 bits per heavy atom. The van der Waals surface area contributed by atoms with Gasteiger partial charge in [0.15, 0.2) is 0 Å². The third-order valence-electron chi connectivity index (χ3n) is 1.93. The first-order valence-electron chi connectivity index (χ1n) is 4.98. The van der Waals surface area contributed by atoms with E-state index in [1.54, 1.807) is 12.1 Å². The van der Waals surface area contributed by atoms with E-state index in [4.69, 9.17) is 4.52 Å². The predicted octanol–water partition coefficient (Wildman–Crippen LogP) is 4.90. The highest BCUT2D eigenvalue weighted by molar-refractivity contribution is 8.84. The van der Waals surface area contributed by atoms with E-state index in [2.05, 4.69) is 12.2 Å². The molecule has 2 nitrogen and oxygen atoms in total. The van der Waals surface area contributed by atoms with Crippen LogP contribution in [0.5, 0.6) is 5.75 Å². The Morgan fingerprint density at radius 2 is 1.47 bits per heavy atom. The van der Waals surface area contributed by atoms with Gasteiger partial charge in [-0.3, -0.25) is 4.57 Å². The molecule has 0 heterocycles. The molecule has 0 radical (unpaired) electrons. The monoisotopic (exact) mass is 282 g/mol. The molecule has 5 heteroatoms. The van der Waals surface area contributed by atoms with Gasteiger partial charge in [-0.25, -0.2) is 0 Å². The number of rotatable bonds is 4. The van der Waals surface area contributed by atoms with E-state index < -0.39 is 5.77 Å². The highest BCUT2D eigenvalue weighted by atomic mass is 33.1. The normalized spacial score (nSPS) is 13.9. The third-order valence-corrected chi connectivity index (χ3v) is 5.61. The molecule has 2 aromatic carbocycles. The van der Waals surface area contributed by atoms with Crippen molar-refractivity contribution in [3.63, 3.8) is 0 Å². The number of para-hydroxylation sites is 1. The maximum atomic E-state index is 12.2. The maximum absolute atomic E-state index is 12.2. The minimum atomic E-state index is -3.03. The molecular formula is C12H11O2PS2. The molecular weight excluding hydrogens is 271 g/mol. The minimum absolute atomic E-state index is 0.564. The molecule has 0 aliphatic heterocycles. The van der Waals surface area contributed by atoms with Crippen molar-refractivity contribution in [1.82, 2.24) is 0 Å². The molecule has 17 heavy (non-hydrogen) atoms. The molecule has 88 valence electrons. The van der Waals surface area contributed by atoms with Gasteiger partial charge in [0.2, 0.25) is 0 Å². The van der Waals surface area contributed by atoms with E-state index in [0.29, 0.717) is 5.75 Å². The molecule has 0 saturated carbocycles. The number of benzene rings is 2. The summed E-state index contributed by atoms with van der Waals surface area (Å²) >= 11 is 5.24. The van der Waals surface area contributed by atoms with Gasteiger partial charge >= 0.3 is 5.77 Å². The fourth-order valence-electron chi connectivity index (χ4n) is 1.25. The zero-order valence-corrected chi connectivity index (χ0v) is 11.5. The van der Waals surface area contributed by atoms with Gasteiger partial charge in [0, 0.05) is 4.90 Å². The first-order valence-corrected chi connectivity index (χ1v) is 9.18. The molecule has 0 N–H and O–H groups in total. The van der Waals surface area contributed by atoms with Crippen LogP contribution in [0.25, 0.3) is 0 Å². The van der Waals surface area contributed by atoms with Crippen molar-refractivity contribution in [2.45, 2.75) is 4.90 Å². The highest BCUT2D eigenvalue weighted by Crippen LogP contribution is 2.65. The summed E-state index contributed by atoms with van der Waals surface area (Å²) in [6, 6.07) is 18.5. The molecule has 2 rings (SSSR count). The number of thiol groups is 1. The molecule has 1 atom stereocenters. The van der Waals surface area contributed by atoms with Crippen LogP contribution < -0.4 is 4.52 Å². The lowest BCUT2D eigenvalue weighted by atomic mass is 10.3. The summed E-state index contributed by atoms with van der Waals surface area (Å²) in [7, 11) is 0. The molecule has 0 spiro atoms. The Morgan fingerprint density at radius 1 is 0.941 bits per heavy atom. The number of hydrogen-bond acceptors (Lipinski definition) is 3. The standard InChI is InChI=1S/C12H11O2PS2/c13-15(16,14-11-7-3-1-4-8-11)17-12-9-5-2-6-10-12/h1-10H,(H,13,16). The van der Waals surface area contributed by atoms with Crippen LogP contribution in [0.3, 0.4) is 0 Å². The molecule has 0 bridgehead atoms. The van der Waals surface area contributed by atoms with Crippen LogP contribution in [-0.2, 0) is 4.57 Å². The van der Waals surface area contributed by atoms with E-state index in [9.17, 15) is 4.57 Å². The Balaban J connectivity index is 2.07. The smallest absolute Gasteiger partial charge is 0.361 e. The van der Waals surface area contributed by atoms with Crippen LogP contribution >= 0.6 is 29.4 Å². The topological polar surface area (TPSA) is 26.3 Å². The Bertz CT molecular complexity index is 471. The average molecular weight is 282 g/mol. The van der Waals surface area contributed by atoms with Gasteiger partial charge in [0.1, 0.15) is 5.75 Å². The van der Waals surface area contributed by atoms with Gasteiger partial charge in [0.25, 0.3) is 0 Å². The van der Waals surface area contributed by atoms with Crippen LogP contribution in [0.4, 0.5) is 0 Å². The van der Waals surface area contributed by atoms with Crippen molar-refractivity contribution < 1.29 is 9.09 Å². The van der Waals surface area contributed by atoms with Crippen LogP contribution in [0.1, 0.15) is 0 Å². The van der Waals surface area contributed by atoms with Crippen molar-refractivity contribution in [3.8, 4) is 5.75 Å². The lowest BCUT2D eigenvalue weighted by Crippen LogP contribution is -1.83. The van der Waals surface area contributed by atoms with E-state index in [1.165, 1.54) is 0 Å². The molecule has 0 saturated heterocycles. The lowest BCUT2D eigenvalue weighted by molar-refractivity contribution is 0.516. The van der Waals surface area contributed by atoms with Crippen LogP contribution in [-0.4, -0.2) is 0 Å². The summed E-state index contributed by atoms with van der Waals surface area (Å²) in [6.45, 7) is 0. The fourth-order valence-corrected chi connectivity index (χ4v) is 4.88. The summed E-state index contributed by atoms with van der Waals surface area (Å²) in [5.74, 6) is -2.46. The molecule has 0 fully saturated rings. The second-order valence-electron chi connectivity index (χ2n) is 3.28. The van der Waals surface area contributed by atoms with Crippen LogP contribution in [0.2, 0.25) is 0 Å². The van der Waals surface area contributed by atoms with E-state index in [0.717, 1.165) is 16.3 Å². The number of hydrogen-bond donors (Lipinski definition) is 1. The van der Waals surface area contributed by atoms with E-state index in [-0.39, 0.29) is 0 Å². The summed E-state index contributed by atoms with van der Waals surface area (Å²) in [6.07, 6.45) is 0. The van der Waals surface area contributed by atoms with Gasteiger partial charge in [-0.1, -0.05) is 48.6 Å². The summed E-state index contributed by atoms with van der Waals surface area (Å²) < 4.78 is 17.5. The molecule has 0 aromatic heterocycles. The van der Waals surface area contributed by atoms with Gasteiger partial charge < -0.3 is 4.52 Å². The maximum Gasteiger partial charge on any atom is 0.361 e. The van der Waals surface area contributed by atoms with Gasteiger partial charge in [0.05, 0.1) is 0 Å². The van der Waals surface area contributed by atoms with Gasteiger partial charge in [-0.2, -0.15) is 0 Å². The largest absolute Gasteiger partial charge is 0.429 e. The van der Waals surface area contributed by atoms with Crippen molar-refractivity contribution in [2.75, 3.05) is 0 Å². The lowest BCUT2D eigenvalue weighted by Gasteiger charge is -2.12. The second kappa shape index (κ2) is 5.67. The predicted molar refractivity (Wildman–Crippen MR) is 76.0 cm³/mol. The molecule has 0 aliphatic rings. The Kier molecular flexibility index (Phi) is 4.21. The first-order chi connectivity index (χ1) is 8.16. The third kappa shape index (κ3) is 4.15. The highest BCUT2D eigenvalue weighted by Gasteiger charge is 2.20. The molecule has 2 aromatic rings. The van der Waals surface area contributed by atoms with Crippen molar-refractivity contribution in [1.29, 1.82) is 0 Å². The fraction of sp³-hybridized carbons (Fsp3) is 0. The molecule has 0 aliphatic carbocycles. The van der Waals surface area contributed by atoms with Crippen molar-refractivity contribution in [3.05, 3.63) is 60.7 Å². The summed E-state index contributed by atoms with van der Waals surface area (Å²) in [5.41, 5.74) is 0. The molecule has 1 unspecified atom stereocenters. The zero-order chi connectivity index (χ0) is 12.1. The molecule has 0 amide bonds. The van der Waals surface area contributed by atoms with Crippen molar-refractivity contribution >= 4 is 29.4 Å². The van der Waals surface area contributed by atoms with Crippen molar-refractivity contribution in [2.24, 2.45) is 0 Å². The van der Waals surface area contributed by atoms with Gasteiger partial charge in [-0.15, -0.1) is 0 Å². The second-order valence-corrected chi connectivity index (χ2v) is 9.43. The zero-order valence-electron chi connectivity index (χ0n) is 8.89. The van der Waals surface area contributed by atoms with E-state index >= 15 is 0 Å². The van der Waals surface area contributed by atoms with Gasteiger partial charge in [-0.05, 0) is 35.6 Å². The van der Waals surface area contributed by atoms with E-state index in [1.807, 2.05) is 48.5 Å². The summed E-state index contributed by atoms with van der Waals surface area (Å²) in [5, 5.41) is 0. The van der Waals surface area contributed by atoms with Crippen LogP contribution in [0, 0.1) is 0 Å². The average Bonchev–Trinajstić information content (AvgIpc) is 2.30. The van der Waals surface area contributed by atoms with Crippen LogP contribution in [0.15, 0.2) is 65.6 Å². The minimum Gasteiger partial charge on any atom is -0.429 e. The SMILES string of the molecule is O=P(S)(Oc1ccccc1)Sc1ccccc1. The quantitative estimate of drug-likeness (QED) is 0.638. The Labute approximate surface area is 110 Å².